The lowest BCUT2D eigenvalue weighted by Crippen LogP contribution is -2.38. The minimum Gasteiger partial charge on any atom is -0.273 e. The first-order valence-corrected chi connectivity index (χ1v) is 7.51. The Balaban J connectivity index is 1.98. The molecule has 0 atom stereocenters. The average molecular weight is 288 g/mol. The fraction of sp³-hybridized carbons (Fsp3) is 0.0714. The number of anilines is 2. The third kappa shape index (κ3) is 2.14. The zero-order valence-corrected chi connectivity index (χ0v) is 11.3. The second kappa shape index (κ2) is 4.64. The Kier molecular flexibility index (Phi) is 2.94. The molecule has 0 radical (unpaired) electrons. The molecule has 102 valence electrons. The van der Waals surface area contributed by atoms with Gasteiger partial charge in [0.15, 0.2) is 0 Å². The van der Waals surface area contributed by atoms with Crippen LogP contribution in [-0.2, 0) is 21.4 Å². The molecule has 0 fully saturated rings. The third-order valence-corrected chi connectivity index (χ3v) is 4.41. The third-order valence-electron chi connectivity index (χ3n) is 3.04. The smallest absolute Gasteiger partial charge is 0.273 e. The predicted molar refractivity (Wildman–Crippen MR) is 76.6 cm³/mol. The van der Waals surface area contributed by atoms with E-state index in [9.17, 15) is 13.2 Å². The van der Waals surface area contributed by atoms with Gasteiger partial charge in [-0.05, 0) is 23.8 Å². The van der Waals surface area contributed by atoms with Crippen molar-refractivity contribution < 1.29 is 13.2 Å². The predicted octanol–water partition coefficient (Wildman–Crippen LogP) is 1.93. The van der Waals surface area contributed by atoms with Gasteiger partial charge in [-0.2, -0.15) is 12.7 Å². The molecule has 2 aromatic carbocycles. The normalized spacial score (nSPS) is 14.2. The van der Waals surface area contributed by atoms with Crippen molar-refractivity contribution in [2.75, 3.05) is 9.03 Å². The number of carbonyl (C=O) groups is 1. The van der Waals surface area contributed by atoms with E-state index in [0.29, 0.717) is 11.4 Å². The molecule has 0 saturated heterocycles. The van der Waals surface area contributed by atoms with E-state index in [2.05, 4.69) is 4.72 Å². The maximum Gasteiger partial charge on any atom is 0.330 e. The summed E-state index contributed by atoms with van der Waals surface area (Å²) >= 11 is 0. The molecule has 0 saturated carbocycles. The van der Waals surface area contributed by atoms with E-state index in [1.54, 1.807) is 54.6 Å². The molecule has 6 heteroatoms. The Morgan fingerprint density at radius 3 is 2.35 bits per heavy atom. The van der Waals surface area contributed by atoms with Crippen molar-refractivity contribution in [3.05, 3.63) is 60.2 Å². The van der Waals surface area contributed by atoms with Gasteiger partial charge in [-0.1, -0.05) is 36.4 Å². The summed E-state index contributed by atoms with van der Waals surface area (Å²) < 4.78 is 28.0. The van der Waals surface area contributed by atoms with Crippen molar-refractivity contribution in [1.82, 2.24) is 0 Å². The highest BCUT2D eigenvalue weighted by Gasteiger charge is 2.36. The van der Waals surface area contributed by atoms with E-state index >= 15 is 0 Å². The number of para-hydroxylation sites is 2. The van der Waals surface area contributed by atoms with Gasteiger partial charge in [-0.25, -0.2) is 0 Å². The molecule has 0 bridgehead atoms. The largest absolute Gasteiger partial charge is 0.330 e. The highest BCUT2D eigenvalue weighted by Crippen LogP contribution is 2.31. The van der Waals surface area contributed by atoms with E-state index in [-0.39, 0.29) is 6.42 Å². The Morgan fingerprint density at radius 2 is 1.60 bits per heavy atom. The average Bonchev–Trinajstić information content (AvgIpc) is 2.75. The summed E-state index contributed by atoms with van der Waals surface area (Å²) in [7, 11) is -3.94. The fourth-order valence-electron chi connectivity index (χ4n) is 2.19. The molecular formula is C14H12N2O3S. The first kappa shape index (κ1) is 12.7. The van der Waals surface area contributed by atoms with Crippen LogP contribution in [0.15, 0.2) is 54.6 Å². The van der Waals surface area contributed by atoms with Crippen molar-refractivity contribution >= 4 is 27.5 Å². The van der Waals surface area contributed by atoms with Gasteiger partial charge in [0.05, 0.1) is 17.8 Å². The number of nitrogens with one attached hydrogen (secondary N) is 1. The molecule has 3 rings (SSSR count). The lowest BCUT2D eigenvalue weighted by Gasteiger charge is -2.18. The zero-order chi connectivity index (χ0) is 14.2. The van der Waals surface area contributed by atoms with Crippen LogP contribution < -0.4 is 9.03 Å². The fourth-order valence-corrected chi connectivity index (χ4v) is 3.49. The quantitative estimate of drug-likeness (QED) is 0.938. The van der Waals surface area contributed by atoms with Gasteiger partial charge in [0.2, 0.25) is 5.91 Å². The van der Waals surface area contributed by atoms with Crippen LogP contribution in [-0.4, -0.2) is 14.3 Å². The second-order valence-corrected chi connectivity index (χ2v) is 5.96. The van der Waals surface area contributed by atoms with Gasteiger partial charge in [-0.15, -0.1) is 0 Å². The molecule has 0 spiro atoms. The van der Waals surface area contributed by atoms with E-state index in [1.165, 1.54) is 0 Å². The summed E-state index contributed by atoms with van der Waals surface area (Å²) in [5.74, 6) is -0.449. The second-order valence-electron chi connectivity index (χ2n) is 4.44. The van der Waals surface area contributed by atoms with E-state index in [4.69, 9.17) is 0 Å². The van der Waals surface area contributed by atoms with Crippen molar-refractivity contribution in [2.24, 2.45) is 0 Å². The highest BCUT2D eigenvalue weighted by atomic mass is 32.2. The molecule has 20 heavy (non-hydrogen) atoms. The van der Waals surface area contributed by atoms with Crippen LogP contribution in [0, 0.1) is 0 Å². The summed E-state index contributed by atoms with van der Waals surface area (Å²) in [4.78, 5) is 12.0. The van der Waals surface area contributed by atoms with Crippen LogP contribution in [0.4, 0.5) is 11.4 Å². The van der Waals surface area contributed by atoms with Gasteiger partial charge < -0.3 is 0 Å². The summed E-state index contributed by atoms with van der Waals surface area (Å²) in [6.07, 6.45) is 0.103. The number of nitrogens with zero attached hydrogens (tertiary/aromatic N) is 1. The number of rotatable bonds is 3. The highest BCUT2D eigenvalue weighted by molar-refractivity contribution is 7.94. The van der Waals surface area contributed by atoms with Crippen molar-refractivity contribution in [2.45, 2.75) is 6.42 Å². The van der Waals surface area contributed by atoms with Crippen LogP contribution in [0.5, 0.6) is 0 Å². The monoisotopic (exact) mass is 288 g/mol. The summed E-state index contributed by atoms with van der Waals surface area (Å²) in [5.41, 5.74) is 1.56. The standard InChI is InChI=1S/C14H12N2O3S/c17-14-10-11-6-4-5-9-13(11)16(14)20(18,19)15-12-7-2-1-3-8-12/h1-9,15H,10H2. The van der Waals surface area contributed by atoms with Gasteiger partial charge in [0.1, 0.15) is 0 Å². The van der Waals surface area contributed by atoms with Crippen LogP contribution in [0.3, 0.4) is 0 Å². The number of carbonyl (C=O) groups excluding carboxylic acids is 1. The Morgan fingerprint density at radius 1 is 0.950 bits per heavy atom. The molecule has 1 aliphatic rings. The van der Waals surface area contributed by atoms with Crippen LogP contribution in [0.2, 0.25) is 0 Å². The Hall–Kier alpha value is -2.34. The van der Waals surface area contributed by atoms with Gasteiger partial charge in [-0.3, -0.25) is 9.52 Å². The summed E-state index contributed by atoms with van der Waals surface area (Å²) in [5, 5.41) is 0. The van der Waals surface area contributed by atoms with Gasteiger partial charge >= 0.3 is 10.2 Å². The Bertz CT molecular complexity index is 757. The maximum absolute atomic E-state index is 12.4. The number of hydrogen-bond donors (Lipinski definition) is 1. The molecule has 1 N–H and O–H groups in total. The topological polar surface area (TPSA) is 66.5 Å². The van der Waals surface area contributed by atoms with Crippen LogP contribution >= 0.6 is 0 Å². The molecule has 0 aromatic heterocycles. The minimum absolute atomic E-state index is 0.103. The molecule has 0 unspecified atom stereocenters. The van der Waals surface area contributed by atoms with Crippen molar-refractivity contribution in [3.8, 4) is 0 Å². The van der Waals surface area contributed by atoms with E-state index < -0.39 is 16.1 Å². The van der Waals surface area contributed by atoms with Crippen LogP contribution in [0.25, 0.3) is 0 Å². The van der Waals surface area contributed by atoms with E-state index in [0.717, 1.165) is 9.87 Å². The van der Waals surface area contributed by atoms with Gasteiger partial charge in [0, 0.05) is 0 Å². The van der Waals surface area contributed by atoms with Crippen LogP contribution in [0.1, 0.15) is 5.56 Å². The number of benzene rings is 2. The number of amides is 1. The molecule has 1 heterocycles. The van der Waals surface area contributed by atoms with Crippen molar-refractivity contribution in [1.29, 1.82) is 0 Å². The zero-order valence-electron chi connectivity index (χ0n) is 10.5. The van der Waals surface area contributed by atoms with Crippen molar-refractivity contribution in [3.63, 3.8) is 0 Å². The number of fused-ring (bicyclic) bond motifs is 1. The number of hydrogen-bond acceptors (Lipinski definition) is 3. The van der Waals surface area contributed by atoms with Gasteiger partial charge in [0.25, 0.3) is 0 Å². The summed E-state index contributed by atoms with van der Waals surface area (Å²) in [6.45, 7) is 0. The minimum atomic E-state index is -3.94. The molecule has 1 amide bonds. The molecular weight excluding hydrogens is 276 g/mol. The lowest BCUT2D eigenvalue weighted by atomic mass is 10.2. The molecule has 2 aromatic rings. The lowest BCUT2D eigenvalue weighted by molar-refractivity contribution is -0.116. The molecule has 5 nitrogen and oxygen atoms in total. The Labute approximate surface area is 117 Å². The maximum atomic E-state index is 12.4. The summed E-state index contributed by atoms with van der Waals surface area (Å²) in [6, 6.07) is 15.4. The first-order valence-electron chi connectivity index (χ1n) is 6.07. The molecule has 1 aliphatic heterocycles. The van der Waals surface area contributed by atoms with E-state index in [1.807, 2.05) is 0 Å². The molecule has 0 aliphatic carbocycles. The first-order chi connectivity index (χ1) is 9.58. The SMILES string of the molecule is O=C1Cc2ccccc2N1S(=O)(=O)Nc1ccccc1.